The summed E-state index contributed by atoms with van der Waals surface area (Å²) in [5, 5.41) is 5.62. The minimum absolute atomic E-state index is 0.0961. The highest BCUT2D eigenvalue weighted by atomic mass is 16.5. The van der Waals surface area contributed by atoms with Crippen molar-refractivity contribution >= 4 is 10.9 Å². The Morgan fingerprint density at radius 2 is 2.37 bits per heavy atom. The Balaban J connectivity index is 1.95. The molecule has 3 nitrogen and oxygen atoms in total. The van der Waals surface area contributed by atoms with Crippen molar-refractivity contribution in [3.63, 3.8) is 0 Å². The van der Waals surface area contributed by atoms with Crippen LogP contribution in [0.3, 0.4) is 0 Å². The molecule has 1 fully saturated rings. The van der Waals surface area contributed by atoms with Crippen molar-refractivity contribution in [1.29, 1.82) is 0 Å². The van der Waals surface area contributed by atoms with Gasteiger partial charge in [0.15, 0.2) is 6.23 Å². The van der Waals surface area contributed by atoms with E-state index in [0.29, 0.717) is 0 Å². The fourth-order valence-corrected chi connectivity index (χ4v) is 2.47. The lowest BCUT2D eigenvalue weighted by Crippen LogP contribution is -2.18. The highest BCUT2D eigenvalue weighted by Crippen LogP contribution is 2.26. The molecule has 1 saturated heterocycles. The van der Waals surface area contributed by atoms with E-state index in [1.54, 1.807) is 0 Å². The molecular weight excluding hydrogens is 236 g/mol. The van der Waals surface area contributed by atoms with Crippen molar-refractivity contribution in [2.24, 2.45) is 0 Å². The summed E-state index contributed by atoms with van der Waals surface area (Å²) in [6, 6.07) is 6.26. The molecule has 0 radical (unpaired) electrons. The quantitative estimate of drug-likeness (QED) is 0.728. The van der Waals surface area contributed by atoms with Gasteiger partial charge in [0.05, 0.1) is 11.7 Å². The molecule has 1 aromatic carbocycles. The molecule has 98 valence electrons. The normalized spacial score (nSPS) is 19.1. The summed E-state index contributed by atoms with van der Waals surface area (Å²) in [4.78, 5) is 0. The Labute approximate surface area is 113 Å². The van der Waals surface area contributed by atoms with E-state index < -0.39 is 0 Å². The van der Waals surface area contributed by atoms with Crippen molar-refractivity contribution in [2.45, 2.75) is 38.8 Å². The van der Waals surface area contributed by atoms with E-state index >= 15 is 0 Å². The number of hydrogen-bond donors (Lipinski definition) is 0. The summed E-state index contributed by atoms with van der Waals surface area (Å²) in [6.07, 6.45) is 6.31. The maximum Gasteiger partial charge on any atom is 0.150 e. The van der Waals surface area contributed by atoms with Gasteiger partial charge in [-0.1, -0.05) is 18.8 Å². The van der Waals surface area contributed by atoms with Crippen molar-refractivity contribution in [2.75, 3.05) is 6.61 Å². The third-order valence-corrected chi connectivity index (χ3v) is 3.43. The van der Waals surface area contributed by atoms with E-state index in [0.717, 1.165) is 42.3 Å². The molecule has 0 N–H and O–H groups in total. The maximum atomic E-state index is 5.80. The molecule has 3 heteroatoms. The molecule has 2 heterocycles. The van der Waals surface area contributed by atoms with Crippen LogP contribution >= 0.6 is 0 Å². The van der Waals surface area contributed by atoms with Gasteiger partial charge in [0.1, 0.15) is 0 Å². The number of nitrogens with zero attached hydrogens (tertiary/aromatic N) is 2. The number of aromatic nitrogens is 2. The largest absolute Gasteiger partial charge is 0.356 e. The van der Waals surface area contributed by atoms with Crippen LogP contribution in [0.1, 0.15) is 44.4 Å². The van der Waals surface area contributed by atoms with Crippen LogP contribution in [0.4, 0.5) is 0 Å². The van der Waals surface area contributed by atoms with Crippen LogP contribution in [-0.2, 0) is 4.74 Å². The van der Waals surface area contributed by atoms with E-state index in [1.807, 2.05) is 10.9 Å². The minimum Gasteiger partial charge on any atom is -0.356 e. The average Bonchev–Trinajstić information content (AvgIpc) is 2.89. The highest BCUT2D eigenvalue weighted by Gasteiger charge is 2.18. The second-order valence-corrected chi connectivity index (χ2v) is 4.84. The lowest BCUT2D eigenvalue weighted by molar-refractivity contribution is -0.0366. The van der Waals surface area contributed by atoms with Gasteiger partial charge in [0.25, 0.3) is 0 Å². The molecule has 0 aliphatic carbocycles. The van der Waals surface area contributed by atoms with Crippen LogP contribution in [0.25, 0.3) is 10.9 Å². The molecule has 1 aromatic heterocycles. The topological polar surface area (TPSA) is 27.1 Å². The molecule has 1 aliphatic rings. The Bertz CT molecular complexity index is 627. The highest BCUT2D eigenvalue weighted by molar-refractivity contribution is 5.80. The first-order valence-corrected chi connectivity index (χ1v) is 6.96. The van der Waals surface area contributed by atoms with Crippen LogP contribution in [0.5, 0.6) is 0 Å². The fourth-order valence-electron chi connectivity index (χ4n) is 2.47. The molecule has 1 aliphatic heterocycles. The van der Waals surface area contributed by atoms with Crippen LogP contribution in [-0.4, -0.2) is 16.4 Å². The summed E-state index contributed by atoms with van der Waals surface area (Å²) in [5.74, 6) is 6.25. The molecule has 3 rings (SSSR count). The number of rotatable bonds is 1. The van der Waals surface area contributed by atoms with E-state index in [9.17, 15) is 0 Å². The third-order valence-electron chi connectivity index (χ3n) is 3.43. The van der Waals surface area contributed by atoms with E-state index in [2.05, 4.69) is 42.1 Å². The molecule has 0 amide bonds. The summed E-state index contributed by atoms with van der Waals surface area (Å²) in [6.45, 7) is 2.90. The SMILES string of the molecule is CCC#Cc1ccc2c(cnn2[C@@H]2CCCCO2)c1. The van der Waals surface area contributed by atoms with Crippen molar-refractivity contribution in [3.05, 3.63) is 30.0 Å². The molecule has 0 unspecified atom stereocenters. The molecule has 0 saturated carbocycles. The zero-order chi connectivity index (χ0) is 13.1. The molecule has 1 atom stereocenters. The van der Waals surface area contributed by atoms with Crippen molar-refractivity contribution < 1.29 is 4.74 Å². The second kappa shape index (κ2) is 5.46. The first kappa shape index (κ1) is 12.3. The summed E-state index contributed by atoms with van der Waals surface area (Å²) >= 11 is 0. The fraction of sp³-hybridized carbons (Fsp3) is 0.438. The second-order valence-electron chi connectivity index (χ2n) is 4.84. The molecule has 0 spiro atoms. The summed E-state index contributed by atoms with van der Waals surface area (Å²) in [7, 11) is 0. The van der Waals surface area contributed by atoms with E-state index in [4.69, 9.17) is 4.74 Å². The van der Waals surface area contributed by atoms with Crippen LogP contribution in [0.15, 0.2) is 24.4 Å². The van der Waals surface area contributed by atoms with Gasteiger partial charge in [-0.05, 0) is 37.5 Å². The molecule has 2 aromatic rings. The zero-order valence-corrected chi connectivity index (χ0v) is 11.2. The number of benzene rings is 1. The molecule has 0 bridgehead atoms. The van der Waals surface area contributed by atoms with Crippen LogP contribution in [0, 0.1) is 11.8 Å². The number of hydrogen-bond acceptors (Lipinski definition) is 2. The van der Waals surface area contributed by atoms with E-state index in [-0.39, 0.29) is 6.23 Å². The standard InChI is InChI=1S/C16H18N2O/c1-2-3-6-13-8-9-15-14(11-13)12-17-18(15)16-7-4-5-10-19-16/h8-9,11-12,16H,2,4-5,7,10H2,1H3/t16-/m0/s1. The maximum absolute atomic E-state index is 5.80. The third kappa shape index (κ3) is 2.50. The molecule has 19 heavy (non-hydrogen) atoms. The Morgan fingerprint density at radius 1 is 1.42 bits per heavy atom. The van der Waals surface area contributed by atoms with Crippen LogP contribution < -0.4 is 0 Å². The first-order chi connectivity index (χ1) is 9.38. The summed E-state index contributed by atoms with van der Waals surface area (Å²) < 4.78 is 7.80. The van der Waals surface area contributed by atoms with Gasteiger partial charge in [-0.2, -0.15) is 5.10 Å². The van der Waals surface area contributed by atoms with Gasteiger partial charge in [0, 0.05) is 24.0 Å². The van der Waals surface area contributed by atoms with Gasteiger partial charge in [0.2, 0.25) is 0 Å². The van der Waals surface area contributed by atoms with Crippen molar-refractivity contribution in [1.82, 2.24) is 9.78 Å². The summed E-state index contributed by atoms with van der Waals surface area (Å²) in [5.41, 5.74) is 2.19. The average molecular weight is 254 g/mol. The number of fused-ring (bicyclic) bond motifs is 1. The van der Waals surface area contributed by atoms with Gasteiger partial charge in [-0.25, -0.2) is 4.68 Å². The van der Waals surface area contributed by atoms with Crippen LogP contribution in [0.2, 0.25) is 0 Å². The van der Waals surface area contributed by atoms with Gasteiger partial charge in [-0.15, -0.1) is 0 Å². The Morgan fingerprint density at radius 3 is 3.16 bits per heavy atom. The Kier molecular flexibility index (Phi) is 3.52. The zero-order valence-electron chi connectivity index (χ0n) is 11.2. The minimum atomic E-state index is 0.0961. The van der Waals surface area contributed by atoms with Crippen molar-refractivity contribution in [3.8, 4) is 11.8 Å². The van der Waals surface area contributed by atoms with Gasteiger partial charge in [-0.3, -0.25) is 0 Å². The lowest BCUT2D eigenvalue weighted by Gasteiger charge is -2.23. The Hall–Kier alpha value is -1.79. The van der Waals surface area contributed by atoms with Gasteiger partial charge >= 0.3 is 0 Å². The van der Waals surface area contributed by atoms with E-state index in [1.165, 1.54) is 6.42 Å². The lowest BCUT2D eigenvalue weighted by atomic mass is 10.1. The first-order valence-electron chi connectivity index (χ1n) is 6.96. The smallest absolute Gasteiger partial charge is 0.150 e. The molecular formula is C16H18N2O. The monoisotopic (exact) mass is 254 g/mol. The van der Waals surface area contributed by atoms with Gasteiger partial charge < -0.3 is 4.74 Å². The number of ether oxygens (including phenoxy) is 1. The predicted molar refractivity (Wildman–Crippen MR) is 75.7 cm³/mol. The predicted octanol–water partition coefficient (Wildman–Crippen LogP) is 3.50.